The SMILES string of the molecule is Cc1cc(F)c(NC=CC(=O)CCl)cc1C(=O)NCC(F)(F)F. The van der Waals surface area contributed by atoms with Gasteiger partial charge in [-0.05, 0) is 30.7 Å². The molecule has 2 N–H and O–H groups in total. The highest BCUT2D eigenvalue weighted by molar-refractivity contribution is 6.29. The molecule has 1 aromatic carbocycles. The molecule has 0 aliphatic heterocycles. The van der Waals surface area contributed by atoms with Crippen LogP contribution in [0.4, 0.5) is 23.2 Å². The highest BCUT2D eigenvalue weighted by atomic mass is 35.5. The molecule has 0 saturated carbocycles. The summed E-state index contributed by atoms with van der Waals surface area (Å²) < 4.78 is 50.1. The number of allylic oxidation sites excluding steroid dienone is 1. The van der Waals surface area contributed by atoms with Crippen LogP contribution in [0.3, 0.4) is 0 Å². The van der Waals surface area contributed by atoms with Gasteiger partial charge in [0, 0.05) is 11.8 Å². The van der Waals surface area contributed by atoms with E-state index in [4.69, 9.17) is 11.6 Å². The average Bonchev–Trinajstić information content (AvgIpc) is 2.46. The van der Waals surface area contributed by atoms with Crippen LogP contribution >= 0.6 is 11.6 Å². The summed E-state index contributed by atoms with van der Waals surface area (Å²) >= 11 is 5.28. The molecule has 126 valence electrons. The molecule has 0 bridgehead atoms. The molecule has 1 rings (SSSR count). The highest BCUT2D eigenvalue weighted by Gasteiger charge is 2.28. The van der Waals surface area contributed by atoms with Crippen LogP contribution in [-0.4, -0.2) is 30.3 Å². The summed E-state index contributed by atoms with van der Waals surface area (Å²) in [4.78, 5) is 22.7. The predicted molar refractivity (Wildman–Crippen MR) is 78.0 cm³/mol. The summed E-state index contributed by atoms with van der Waals surface area (Å²) in [5.41, 5.74) is -0.102. The van der Waals surface area contributed by atoms with Crippen LogP contribution in [-0.2, 0) is 4.79 Å². The molecule has 0 aliphatic carbocycles. The number of aryl methyl sites for hydroxylation is 1. The maximum atomic E-state index is 13.8. The smallest absolute Gasteiger partial charge is 0.359 e. The van der Waals surface area contributed by atoms with Crippen LogP contribution in [0.5, 0.6) is 0 Å². The lowest BCUT2D eigenvalue weighted by atomic mass is 10.1. The zero-order valence-corrected chi connectivity index (χ0v) is 12.7. The quantitative estimate of drug-likeness (QED) is 0.470. The monoisotopic (exact) mass is 352 g/mol. The topological polar surface area (TPSA) is 58.2 Å². The Morgan fingerprint density at radius 1 is 1.30 bits per heavy atom. The van der Waals surface area contributed by atoms with E-state index in [1.807, 2.05) is 0 Å². The van der Waals surface area contributed by atoms with Gasteiger partial charge in [0.15, 0.2) is 5.78 Å². The Hall–Kier alpha value is -2.09. The predicted octanol–water partition coefficient (Wildman–Crippen LogP) is 3.16. The van der Waals surface area contributed by atoms with Crippen molar-refractivity contribution < 1.29 is 27.2 Å². The summed E-state index contributed by atoms with van der Waals surface area (Å²) in [6, 6.07) is 2.06. The number of benzene rings is 1. The summed E-state index contributed by atoms with van der Waals surface area (Å²) in [6.07, 6.45) is -2.36. The van der Waals surface area contributed by atoms with E-state index in [0.717, 1.165) is 24.4 Å². The van der Waals surface area contributed by atoms with Gasteiger partial charge >= 0.3 is 6.18 Å². The number of carbonyl (C=O) groups excluding carboxylic acids is 2. The number of anilines is 1. The van der Waals surface area contributed by atoms with Gasteiger partial charge in [0.1, 0.15) is 12.4 Å². The molecule has 0 saturated heterocycles. The number of ketones is 1. The average molecular weight is 353 g/mol. The Morgan fingerprint density at radius 2 is 1.96 bits per heavy atom. The molecular weight excluding hydrogens is 340 g/mol. The first kappa shape index (κ1) is 19.0. The molecule has 9 heteroatoms. The van der Waals surface area contributed by atoms with Gasteiger partial charge in [-0.1, -0.05) is 0 Å². The van der Waals surface area contributed by atoms with Crippen LogP contribution in [0.25, 0.3) is 0 Å². The fourth-order valence-corrected chi connectivity index (χ4v) is 1.66. The second kappa shape index (κ2) is 7.96. The number of nitrogens with one attached hydrogen (secondary N) is 2. The number of rotatable bonds is 6. The van der Waals surface area contributed by atoms with E-state index in [2.05, 4.69) is 5.32 Å². The van der Waals surface area contributed by atoms with Gasteiger partial charge in [0.25, 0.3) is 5.91 Å². The van der Waals surface area contributed by atoms with Gasteiger partial charge in [0.2, 0.25) is 0 Å². The molecule has 0 spiro atoms. The van der Waals surface area contributed by atoms with E-state index in [9.17, 15) is 27.2 Å². The second-order valence-electron chi connectivity index (χ2n) is 4.52. The van der Waals surface area contributed by atoms with Crippen molar-refractivity contribution in [1.29, 1.82) is 0 Å². The Balaban J connectivity index is 2.93. The van der Waals surface area contributed by atoms with E-state index in [1.54, 1.807) is 5.32 Å². The highest BCUT2D eigenvalue weighted by Crippen LogP contribution is 2.21. The summed E-state index contributed by atoms with van der Waals surface area (Å²) in [6.45, 7) is -0.0994. The Bertz CT molecular complexity index is 630. The molecule has 0 radical (unpaired) electrons. The van der Waals surface area contributed by atoms with Crippen LogP contribution in [0, 0.1) is 12.7 Å². The van der Waals surface area contributed by atoms with E-state index in [-0.39, 0.29) is 22.7 Å². The molecule has 1 aromatic rings. The van der Waals surface area contributed by atoms with Crippen molar-refractivity contribution in [3.63, 3.8) is 0 Å². The summed E-state index contributed by atoms with van der Waals surface area (Å²) in [7, 11) is 0. The molecule has 0 atom stereocenters. The Labute approximate surface area is 134 Å². The van der Waals surface area contributed by atoms with Gasteiger partial charge in [0.05, 0.1) is 11.6 Å². The van der Waals surface area contributed by atoms with E-state index >= 15 is 0 Å². The summed E-state index contributed by atoms with van der Waals surface area (Å²) in [5.74, 6) is -2.38. The van der Waals surface area contributed by atoms with Crippen molar-refractivity contribution in [3.8, 4) is 0 Å². The van der Waals surface area contributed by atoms with Crippen LogP contribution in [0.1, 0.15) is 15.9 Å². The summed E-state index contributed by atoms with van der Waals surface area (Å²) in [5, 5.41) is 4.14. The van der Waals surface area contributed by atoms with E-state index in [1.165, 1.54) is 6.92 Å². The first-order valence-electron chi connectivity index (χ1n) is 6.31. The van der Waals surface area contributed by atoms with Gasteiger partial charge in [-0.3, -0.25) is 9.59 Å². The third-order valence-electron chi connectivity index (χ3n) is 2.65. The molecule has 0 aromatic heterocycles. The van der Waals surface area contributed by atoms with Crippen LogP contribution in [0.15, 0.2) is 24.4 Å². The maximum Gasteiger partial charge on any atom is 0.405 e. The minimum Gasteiger partial charge on any atom is -0.359 e. The molecule has 0 unspecified atom stereocenters. The third kappa shape index (κ3) is 6.27. The lowest BCUT2D eigenvalue weighted by Gasteiger charge is -2.12. The largest absolute Gasteiger partial charge is 0.405 e. The van der Waals surface area contributed by atoms with Crippen molar-refractivity contribution in [2.45, 2.75) is 13.1 Å². The number of hydrogen-bond donors (Lipinski definition) is 2. The van der Waals surface area contributed by atoms with Crippen molar-refractivity contribution >= 4 is 29.0 Å². The minimum atomic E-state index is -4.55. The number of amides is 1. The first-order valence-corrected chi connectivity index (χ1v) is 6.84. The third-order valence-corrected chi connectivity index (χ3v) is 2.91. The molecular formula is C14H13ClF4N2O2. The molecule has 0 heterocycles. The van der Waals surface area contributed by atoms with Crippen molar-refractivity contribution in [2.75, 3.05) is 17.7 Å². The van der Waals surface area contributed by atoms with Gasteiger partial charge in [-0.2, -0.15) is 13.2 Å². The van der Waals surface area contributed by atoms with Crippen LogP contribution < -0.4 is 10.6 Å². The number of alkyl halides is 4. The first-order chi connectivity index (χ1) is 10.6. The zero-order valence-electron chi connectivity index (χ0n) is 11.9. The second-order valence-corrected chi connectivity index (χ2v) is 4.79. The zero-order chi connectivity index (χ0) is 17.6. The molecule has 23 heavy (non-hydrogen) atoms. The van der Waals surface area contributed by atoms with E-state index in [0.29, 0.717) is 0 Å². The number of carbonyl (C=O) groups is 2. The molecule has 0 fully saturated rings. The number of halogens is 5. The maximum absolute atomic E-state index is 13.8. The van der Waals surface area contributed by atoms with Gasteiger partial charge in [-0.25, -0.2) is 4.39 Å². The van der Waals surface area contributed by atoms with Gasteiger partial charge in [-0.15, -0.1) is 11.6 Å². The Kier molecular flexibility index (Phi) is 6.56. The molecule has 0 aliphatic rings. The Morgan fingerprint density at radius 3 is 2.52 bits per heavy atom. The van der Waals surface area contributed by atoms with Crippen molar-refractivity contribution in [1.82, 2.24) is 5.32 Å². The van der Waals surface area contributed by atoms with Crippen molar-refractivity contribution in [2.24, 2.45) is 0 Å². The standard InChI is InChI=1S/C14H13ClF4N2O2/c1-8-4-11(16)12(20-3-2-9(22)6-15)5-10(8)13(23)21-7-14(17,18)19/h2-5,20H,6-7H2,1H3,(H,21,23). The fourth-order valence-electron chi connectivity index (χ4n) is 1.57. The van der Waals surface area contributed by atoms with E-state index < -0.39 is 30.2 Å². The molecule has 1 amide bonds. The normalized spacial score (nSPS) is 11.6. The number of hydrogen-bond acceptors (Lipinski definition) is 3. The van der Waals surface area contributed by atoms with Crippen LogP contribution in [0.2, 0.25) is 0 Å². The van der Waals surface area contributed by atoms with Crippen molar-refractivity contribution in [3.05, 3.63) is 41.4 Å². The lowest BCUT2D eigenvalue weighted by Crippen LogP contribution is -2.34. The minimum absolute atomic E-state index is 0.116. The lowest BCUT2D eigenvalue weighted by molar-refractivity contribution is -0.123. The van der Waals surface area contributed by atoms with Gasteiger partial charge < -0.3 is 10.6 Å². The fraction of sp³-hybridized carbons (Fsp3) is 0.286. The molecule has 4 nitrogen and oxygen atoms in total.